The highest BCUT2D eigenvalue weighted by Gasteiger charge is 2.24. The van der Waals surface area contributed by atoms with Gasteiger partial charge in [0, 0.05) is 11.6 Å². The maximum Gasteiger partial charge on any atom is 0.260 e. The second kappa shape index (κ2) is 9.28. The zero-order chi connectivity index (χ0) is 21.0. The van der Waals surface area contributed by atoms with Crippen LogP contribution in [0.25, 0.3) is 10.2 Å². The van der Waals surface area contributed by atoms with Crippen LogP contribution in [0.2, 0.25) is 0 Å². The van der Waals surface area contributed by atoms with Crippen molar-refractivity contribution >= 4 is 32.6 Å². The maximum atomic E-state index is 14.1. The SMILES string of the molecule is CC[NH+](CC)CCN(C(=O)c1ccc(OC)cc1)c1nc2c(F)cc(F)cc2s1. The molecule has 0 aliphatic carbocycles. The molecule has 0 spiro atoms. The normalized spacial score (nSPS) is 11.2. The number of anilines is 1. The summed E-state index contributed by atoms with van der Waals surface area (Å²) in [5.41, 5.74) is 0.556. The highest BCUT2D eigenvalue weighted by atomic mass is 32.1. The highest BCUT2D eigenvalue weighted by Crippen LogP contribution is 2.32. The number of carbonyl (C=O) groups is 1. The lowest BCUT2D eigenvalue weighted by atomic mass is 10.2. The van der Waals surface area contributed by atoms with Gasteiger partial charge in [-0.15, -0.1) is 0 Å². The van der Waals surface area contributed by atoms with Crippen molar-refractivity contribution in [3.63, 3.8) is 0 Å². The van der Waals surface area contributed by atoms with E-state index in [-0.39, 0.29) is 11.4 Å². The number of thiazole rings is 1. The lowest BCUT2D eigenvalue weighted by Gasteiger charge is -2.23. The molecule has 3 rings (SSSR count). The minimum absolute atomic E-state index is 0.0779. The van der Waals surface area contributed by atoms with Crippen LogP contribution in [0, 0.1) is 11.6 Å². The van der Waals surface area contributed by atoms with Crippen LogP contribution in [-0.4, -0.2) is 44.2 Å². The predicted octanol–water partition coefficient (Wildman–Crippen LogP) is 3.15. The number of amides is 1. The van der Waals surface area contributed by atoms with Gasteiger partial charge in [0.2, 0.25) is 0 Å². The third-order valence-electron chi connectivity index (χ3n) is 4.90. The summed E-state index contributed by atoms with van der Waals surface area (Å²) in [6, 6.07) is 8.85. The molecule has 0 aliphatic rings. The maximum absolute atomic E-state index is 14.1. The molecule has 1 N–H and O–H groups in total. The molecular weight excluding hydrogens is 396 g/mol. The first-order valence-corrected chi connectivity index (χ1v) is 10.3. The Labute approximate surface area is 172 Å². The van der Waals surface area contributed by atoms with Crippen LogP contribution in [0.1, 0.15) is 24.2 Å². The molecule has 1 heterocycles. The van der Waals surface area contributed by atoms with Crippen LogP contribution in [0.3, 0.4) is 0 Å². The second-order valence-electron chi connectivity index (χ2n) is 6.62. The van der Waals surface area contributed by atoms with Gasteiger partial charge < -0.3 is 9.64 Å². The van der Waals surface area contributed by atoms with E-state index in [2.05, 4.69) is 18.8 Å². The number of hydrogen-bond acceptors (Lipinski definition) is 4. The summed E-state index contributed by atoms with van der Waals surface area (Å²) >= 11 is 1.11. The van der Waals surface area contributed by atoms with Gasteiger partial charge in [-0.2, -0.15) is 0 Å². The molecule has 0 fully saturated rings. The van der Waals surface area contributed by atoms with E-state index in [1.54, 1.807) is 36.3 Å². The predicted molar refractivity (Wildman–Crippen MR) is 111 cm³/mol. The topological polar surface area (TPSA) is 46.9 Å². The number of halogens is 2. The van der Waals surface area contributed by atoms with Gasteiger partial charge in [-0.3, -0.25) is 9.69 Å². The fourth-order valence-electron chi connectivity index (χ4n) is 3.11. The third kappa shape index (κ3) is 4.71. The number of quaternary nitrogens is 1. The molecule has 29 heavy (non-hydrogen) atoms. The molecule has 0 saturated heterocycles. The largest absolute Gasteiger partial charge is 0.497 e. The zero-order valence-electron chi connectivity index (χ0n) is 16.7. The van der Waals surface area contributed by atoms with E-state index in [0.717, 1.165) is 37.0 Å². The molecule has 3 aromatic rings. The summed E-state index contributed by atoms with van der Waals surface area (Å²) < 4.78 is 33.3. The van der Waals surface area contributed by atoms with E-state index in [4.69, 9.17) is 4.74 Å². The second-order valence-corrected chi connectivity index (χ2v) is 7.63. The first-order chi connectivity index (χ1) is 14.0. The number of nitrogens with one attached hydrogen (secondary N) is 1. The molecule has 1 aromatic heterocycles. The molecule has 8 heteroatoms. The van der Waals surface area contributed by atoms with Crippen molar-refractivity contribution in [3.8, 4) is 5.75 Å². The smallest absolute Gasteiger partial charge is 0.260 e. The molecule has 0 aliphatic heterocycles. The van der Waals surface area contributed by atoms with Gasteiger partial charge in [-0.25, -0.2) is 13.8 Å². The third-order valence-corrected chi connectivity index (χ3v) is 5.93. The Balaban J connectivity index is 1.97. The summed E-state index contributed by atoms with van der Waals surface area (Å²) in [4.78, 5) is 20.4. The molecular formula is C21H24F2N3O2S+. The lowest BCUT2D eigenvalue weighted by molar-refractivity contribution is -0.894. The van der Waals surface area contributed by atoms with Gasteiger partial charge in [-0.05, 0) is 44.2 Å². The van der Waals surface area contributed by atoms with E-state index in [0.29, 0.717) is 27.7 Å². The minimum atomic E-state index is -0.728. The number of rotatable bonds is 8. The first-order valence-electron chi connectivity index (χ1n) is 9.51. The Morgan fingerprint density at radius 1 is 1.17 bits per heavy atom. The number of benzene rings is 2. The lowest BCUT2D eigenvalue weighted by Crippen LogP contribution is -3.12. The summed E-state index contributed by atoms with van der Waals surface area (Å²) in [5.74, 6) is -0.975. The van der Waals surface area contributed by atoms with Crippen LogP contribution in [0.5, 0.6) is 5.75 Å². The van der Waals surface area contributed by atoms with Crippen LogP contribution in [-0.2, 0) is 0 Å². The number of fused-ring (bicyclic) bond motifs is 1. The van der Waals surface area contributed by atoms with Crippen LogP contribution in [0.15, 0.2) is 36.4 Å². The van der Waals surface area contributed by atoms with Crippen molar-refractivity contribution in [2.45, 2.75) is 13.8 Å². The van der Waals surface area contributed by atoms with Gasteiger partial charge in [0.1, 0.15) is 17.1 Å². The Morgan fingerprint density at radius 2 is 1.86 bits per heavy atom. The molecule has 0 bridgehead atoms. The van der Waals surface area contributed by atoms with E-state index in [1.807, 2.05) is 0 Å². The fourth-order valence-corrected chi connectivity index (χ4v) is 4.14. The molecule has 0 saturated carbocycles. The van der Waals surface area contributed by atoms with E-state index >= 15 is 0 Å². The number of nitrogens with zero attached hydrogens (tertiary/aromatic N) is 2. The highest BCUT2D eigenvalue weighted by molar-refractivity contribution is 7.22. The van der Waals surface area contributed by atoms with Gasteiger partial charge in [0.15, 0.2) is 10.9 Å². The molecule has 1 amide bonds. The van der Waals surface area contributed by atoms with Crippen molar-refractivity contribution in [2.75, 3.05) is 38.2 Å². The fraction of sp³-hybridized carbons (Fsp3) is 0.333. The number of carbonyl (C=O) groups excluding carboxylic acids is 1. The number of methoxy groups -OCH3 is 1. The van der Waals surface area contributed by atoms with Crippen molar-refractivity contribution in [2.24, 2.45) is 0 Å². The zero-order valence-corrected chi connectivity index (χ0v) is 17.5. The van der Waals surface area contributed by atoms with Crippen LogP contribution >= 0.6 is 11.3 Å². The van der Waals surface area contributed by atoms with Gasteiger partial charge >= 0.3 is 0 Å². The molecule has 0 atom stereocenters. The number of ether oxygens (including phenoxy) is 1. The van der Waals surface area contributed by atoms with Gasteiger partial charge in [0.25, 0.3) is 5.91 Å². The minimum Gasteiger partial charge on any atom is -0.497 e. The summed E-state index contributed by atoms with van der Waals surface area (Å²) in [6.45, 7) is 7.18. The Bertz CT molecular complexity index is 988. The first kappa shape index (κ1) is 21.1. The Hall–Kier alpha value is -2.58. The molecule has 2 aromatic carbocycles. The van der Waals surface area contributed by atoms with Crippen LogP contribution < -0.4 is 14.5 Å². The van der Waals surface area contributed by atoms with Crippen molar-refractivity contribution in [1.29, 1.82) is 0 Å². The Kier molecular flexibility index (Phi) is 6.76. The van der Waals surface area contributed by atoms with E-state index in [1.165, 1.54) is 11.0 Å². The summed E-state index contributed by atoms with van der Waals surface area (Å²) in [6.07, 6.45) is 0. The summed E-state index contributed by atoms with van der Waals surface area (Å²) in [7, 11) is 1.56. The van der Waals surface area contributed by atoms with Crippen molar-refractivity contribution < 1.29 is 23.2 Å². The quantitative estimate of drug-likeness (QED) is 0.609. The number of hydrogen-bond donors (Lipinski definition) is 1. The standard InChI is InChI=1S/C21H23F2N3O2S/c1-4-25(5-2)10-11-26(20(27)14-6-8-16(28-3)9-7-14)21-24-19-17(23)12-15(22)13-18(19)29-21/h6-9,12-13H,4-5,10-11H2,1-3H3/p+1. The van der Waals surface area contributed by atoms with E-state index in [9.17, 15) is 13.6 Å². The van der Waals surface area contributed by atoms with Gasteiger partial charge in [-0.1, -0.05) is 11.3 Å². The van der Waals surface area contributed by atoms with Gasteiger partial charge in [0.05, 0.1) is 38.0 Å². The average molecular weight is 421 g/mol. The molecule has 5 nitrogen and oxygen atoms in total. The monoisotopic (exact) mass is 420 g/mol. The molecule has 154 valence electrons. The molecule has 0 radical (unpaired) electrons. The van der Waals surface area contributed by atoms with E-state index < -0.39 is 11.6 Å². The number of aromatic nitrogens is 1. The average Bonchev–Trinajstić information content (AvgIpc) is 3.15. The van der Waals surface area contributed by atoms with Crippen molar-refractivity contribution in [3.05, 3.63) is 53.6 Å². The number of likely N-dealkylation sites (N-methyl/N-ethyl adjacent to an activating group) is 1. The van der Waals surface area contributed by atoms with Crippen molar-refractivity contribution in [1.82, 2.24) is 4.98 Å². The summed E-state index contributed by atoms with van der Waals surface area (Å²) in [5, 5.41) is 0.358. The Morgan fingerprint density at radius 3 is 2.48 bits per heavy atom. The van der Waals surface area contributed by atoms with Crippen LogP contribution in [0.4, 0.5) is 13.9 Å². The molecule has 0 unspecified atom stereocenters.